The number of carbonyl (C=O) groups is 1. The highest BCUT2D eigenvalue weighted by atomic mass is 16.5. The van der Waals surface area contributed by atoms with E-state index in [1.165, 1.54) is 0 Å². The molecule has 1 heterocycles. The maximum atomic E-state index is 12.6. The topological polar surface area (TPSA) is 56.1 Å². The van der Waals surface area contributed by atoms with Crippen LogP contribution in [0.5, 0.6) is 5.75 Å². The number of carbonyl (C=O) groups excluding carboxylic acids is 1. The number of aryl methyl sites for hydroxylation is 1. The molecule has 5 nitrogen and oxygen atoms in total. The van der Waals surface area contributed by atoms with Gasteiger partial charge in [-0.3, -0.25) is 9.48 Å². The lowest BCUT2D eigenvalue weighted by atomic mass is 10.2. The number of para-hydroxylation sites is 2. The van der Waals surface area contributed by atoms with Crippen LogP contribution in [0.3, 0.4) is 0 Å². The first-order chi connectivity index (χ1) is 12.1. The average Bonchev–Trinajstić information content (AvgIpc) is 2.97. The van der Waals surface area contributed by atoms with Gasteiger partial charge in [-0.2, -0.15) is 5.10 Å². The van der Waals surface area contributed by atoms with Crippen LogP contribution in [0.1, 0.15) is 31.1 Å². The van der Waals surface area contributed by atoms with Gasteiger partial charge in [0.2, 0.25) is 5.91 Å². The molecule has 1 amide bonds. The van der Waals surface area contributed by atoms with Crippen molar-refractivity contribution in [1.82, 2.24) is 15.1 Å². The molecule has 3 rings (SSSR count). The van der Waals surface area contributed by atoms with Crippen molar-refractivity contribution >= 4 is 16.8 Å². The predicted molar refractivity (Wildman–Crippen MR) is 98.6 cm³/mol. The Balaban J connectivity index is 1.75. The van der Waals surface area contributed by atoms with Crippen LogP contribution in [-0.4, -0.2) is 22.3 Å². The van der Waals surface area contributed by atoms with Gasteiger partial charge < -0.3 is 10.1 Å². The maximum absolute atomic E-state index is 12.6. The lowest BCUT2D eigenvalue weighted by Crippen LogP contribution is -2.31. The van der Waals surface area contributed by atoms with Crippen LogP contribution < -0.4 is 10.1 Å². The van der Waals surface area contributed by atoms with Gasteiger partial charge in [-0.15, -0.1) is 0 Å². The van der Waals surface area contributed by atoms with Crippen molar-refractivity contribution in [3.63, 3.8) is 0 Å². The minimum atomic E-state index is -0.391. The van der Waals surface area contributed by atoms with E-state index in [4.69, 9.17) is 4.74 Å². The van der Waals surface area contributed by atoms with Crippen molar-refractivity contribution in [2.24, 2.45) is 0 Å². The summed E-state index contributed by atoms with van der Waals surface area (Å²) in [5.41, 5.74) is 2.86. The molecule has 1 atom stereocenters. The lowest BCUT2D eigenvalue weighted by Gasteiger charge is -2.15. The SMILES string of the molecule is CCOc1ccccc1CNC(=O)C(C)n1nc(C)c2ccccc21. The number of amides is 1. The van der Waals surface area contributed by atoms with Crippen LogP contribution >= 0.6 is 0 Å². The minimum Gasteiger partial charge on any atom is -0.494 e. The fraction of sp³-hybridized carbons (Fsp3) is 0.300. The van der Waals surface area contributed by atoms with E-state index < -0.39 is 6.04 Å². The first-order valence-electron chi connectivity index (χ1n) is 8.54. The number of rotatable bonds is 6. The Morgan fingerprint density at radius 2 is 1.92 bits per heavy atom. The van der Waals surface area contributed by atoms with Crippen LogP contribution in [0.2, 0.25) is 0 Å². The number of nitrogens with zero attached hydrogens (tertiary/aromatic N) is 2. The van der Waals surface area contributed by atoms with E-state index in [9.17, 15) is 4.79 Å². The third kappa shape index (κ3) is 3.50. The van der Waals surface area contributed by atoms with Crippen LogP contribution in [0.4, 0.5) is 0 Å². The number of nitrogens with one attached hydrogen (secondary N) is 1. The Hall–Kier alpha value is -2.82. The largest absolute Gasteiger partial charge is 0.494 e. The highest BCUT2D eigenvalue weighted by molar-refractivity contribution is 5.86. The Bertz CT molecular complexity index is 886. The van der Waals surface area contributed by atoms with Gasteiger partial charge in [-0.1, -0.05) is 36.4 Å². The van der Waals surface area contributed by atoms with Gasteiger partial charge in [0.05, 0.1) is 17.8 Å². The standard InChI is InChI=1S/C20H23N3O2/c1-4-25-19-12-8-5-9-16(19)13-21-20(24)15(3)23-18-11-7-6-10-17(18)14(2)22-23/h5-12,15H,4,13H2,1-3H3,(H,21,24). The molecule has 130 valence electrons. The molecule has 0 saturated heterocycles. The quantitative estimate of drug-likeness (QED) is 0.747. The Labute approximate surface area is 147 Å². The molecule has 0 spiro atoms. The van der Waals surface area contributed by atoms with Crippen LogP contribution in [0.15, 0.2) is 48.5 Å². The Kier molecular flexibility index (Phi) is 5.03. The minimum absolute atomic E-state index is 0.0699. The molecule has 2 aromatic carbocycles. The van der Waals surface area contributed by atoms with Crippen molar-refractivity contribution in [3.8, 4) is 5.75 Å². The van der Waals surface area contributed by atoms with E-state index in [2.05, 4.69) is 10.4 Å². The summed E-state index contributed by atoms with van der Waals surface area (Å²) in [4.78, 5) is 12.6. The van der Waals surface area contributed by atoms with Gasteiger partial charge in [-0.25, -0.2) is 0 Å². The summed E-state index contributed by atoms with van der Waals surface area (Å²) in [7, 11) is 0. The first-order valence-corrected chi connectivity index (χ1v) is 8.54. The van der Waals surface area contributed by atoms with E-state index in [1.54, 1.807) is 4.68 Å². The first kappa shape index (κ1) is 17.0. The van der Waals surface area contributed by atoms with E-state index in [0.29, 0.717) is 13.2 Å². The summed E-state index contributed by atoms with van der Waals surface area (Å²) >= 11 is 0. The van der Waals surface area contributed by atoms with Crippen molar-refractivity contribution < 1.29 is 9.53 Å². The summed E-state index contributed by atoms with van der Waals surface area (Å²) < 4.78 is 7.39. The van der Waals surface area contributed by atoms with Crippen LogP contribution in [0.25, 0.3) is 10.9 Å². The number of benzene rings is 2. The molecule has 0 fully saturated rings. The van der Waals surface area contributed by atoms with Gasteiger partial charge in [-0.05, 0) is 32.9 Å². The molecule has 5 heteroatoms. The maximum Gasteiger partial charge on any atom is 0.244 e. The molecule has 25 heavy (non-hydrogen) atoms. The van der Waals surface area contributed by atoms with Crippen LogP contribution in [0, 0.1) is 6.92 Å². The number of hydrogen-bond acceptors (Lipinski definition) is 3. The van der Waals surface area contributed by atoms with Gasteiger partial charge in [0, 0.05) is 17.5 Å². The lowest BCUT2D eigenvalue weighted by molar-refractivity contribution is -0.124. The zero-order chi connectivity index (χ0) is 17.8. The summed E-state index contributed by atoms with van der Waals surface area (Å²) in [6.07, 6.45) is 0. The normalized spacial score (nSPS) is 12.1. The summed E-state index contributed by atoms with van der Waals surface area (Å²) in [6, 6.07) is 15.3. The second-order valence-corrected chi connectivity index (χ2v) is 5.98. The molecule has 0 saturated carbocycles. The fourth-order valence-corrected chi connectivity index (χ4v) is 2.93. The fourth-order valence-electron chi connectivity index (χ4n) is 2.93. The zero-order valence-corrected chi connectivity index (χ0v) is 14.8. The molecule has 0 aliphatic carbocycles. The van der Waals surface area contributed by atoms with E-state index in [-0.39, 0.29) is 5.91 Å². The molecule has 0 bridgehead atoms. The molecule has 0 radical (unpaired) electrons. The summed E-state index contributed by atoms with van der Waals surface area (Å²) in [6.45, 7) is 6.80. The van der Waals surface area contributed by atoms with Crippen molar-refractivity contribution in [2.75, 3.05) is 6.61 Å². The molecule has 0 aliphatic rings. The zero-order valence-electron chi connectivity index (χ0n) is 14.8. The number of ether oxygens (including phenoxy) is 1. The van der Waals surface area contributed by atoms with E-state index >= 15 is 0 Å². The van der Waals surface area contributed by atoms with Gasteiger partial charge in [0.25, 0.3) is 0 Å². The highest BCUT2D eigenvalue weighted by Gasteiger charge is 2.19. The van der Waals surface area contributed by atoms with Crippen molar-refractivity contribution in [2.45, 2.75) is 33.4 Å². The molecular weight excluding hydrogens is 314 g/mol. The molecule has 1 N–H and O–H groups in total. The number of hydrogen-bond donors (Lipinski definition) is 1. The number of aromatic nitrogens is 2. The highest BCUT2D eigenvalue weighted by Crippen LogP contribution is 2.22. The molecule has 1 aromatic heterocycles. The molecular formula is C20H23N3O2. The Morgan fingerprint density at radius 3 is 2.72 bits per heavy atom. The molecule has 3 aromatic rings. The number of fused-ring (bicyclic) bond motifs is 1. The van der Waals surface area contributed by atoms with E-state index in [0.717, 1.165) is 27.9 Å². The monoisotopic (exact) mass is 337 g/mol. The third-order valence-corrected chi connectivity index (χ3v) is 4.27. The Morgan fingerprint density at radius 1 is 1.20 bits per heavy atom. The summed E-state index contributed by atoms with van der Waals surface area (Å²) in [5.74, 6) is 0.734. The second kappa shape index (κ2) is 7.38. The predicted octanol–water partition coefficient (Wildman–Crippen LogP) is 3.62. The average molecular weight is 337 g/mol. The van der Waals surface area contributed by atoms with E-state index in [1.807, 2.05) is 69.3 Å². The second-order valence-electron chi connectivity index (χ2n) is 5.98. The van der Waals surface area contributed by atoms with Gasteiger partial charge in [0.15, 0.2) is 0 Å². The van der Waals surface area contributed by atoms with Crippen molar-refractivity contribution in [3.05, 3.63) is 59.8 Å². The van der Waals surface area contributed by atoms with Gasteiger partial charge >= 0.3 is 0 Å². The summed E-state index contributed by atoms with van der Waals surface area (Å²) in [5, 5.41) is 8.61. The van der Waals surface area contributed by atoms with Crippen molar-refractivity contribution in [1.29, 1.82) is 0 Å². The molecule has 0 aliphatic heterocycles. The third-order valence-electron chi connectivity index (χ3n) is 4.27. The van der Waals surface area contributed by atoms with Gasteiger partial charge in [0.1, 0.15) is 11.8 Å². The smallest absolute Gasteiger partial charge is 0.244 e. The van der Waals surface area contributed by atoms with Crippen LogP contribution in [-0.2, 0) is 11.3 Å². The molecule has 1 unspecified atom stereocenters.